The molecule has 134 valence electrons. The van der Waals surface area contributed by atoms with Crippen molar-refractivity contribution in [2.75, 3.05) is 20.2 Å². The number of piperidine rings is 1. The summed E-state index contributed by atoms with van der Waals surface area (Å²) >= 11 is 3.48. The van der Waals surface area contributed by atoms with Gasteiger partial charge in [0.1, 0.15) is 11.6 Å². The van der Waals surface area contributed by atoms with Crippen molar-refractivity contribution in [2.45, 2.75) is 18.8 Å². The Morgan fingerprint density at radius 1 is 1.23 bits per heavy atom. The average Bonchev–Trinajstić information content (AvgIpc) is 3.12. The standard InChI is InChI=1S/C20H20BrN3O2/c1-26-14-6-7-16(21)15(12-14)20(25)24-10-8-13(9-11-24)19-22-17-4-2-3-5-18(17)23-19/h2-7,12-13H,8-11H2,1H3,(H,22,23). The van der Waals surface area contributed by atoms with E-state index in [0.717, 1.165) is 47.3 Å². The number of carbonyl (C=O) groups is 1. The Kier molecular flexibility index (Phi) is 4.68. The van der Waals surface area contributed by atoms with Gasteiger partial charge in [0.2, 0.25) is 0 Å². The number of benzene rings is 2. The van der Waals surface area contributed by atoms with Crippen molar-refractivity contribution < 1.29 is 9.53 Å². The fourth-order valence-electron chi connectivity index (χ4n) is 3.49. The number of fused-ring (bicyclic) bond motifs is 1. The van der Waals surface area contributed by atoms with Crippen LogP contribution < -0.4 is 4.74 Å². The molecule has 2 heterocycles. The van der Waals surface area contributed by atoms with Gasteiger partial charge in [-0.15, -0.1) is 0 Å². The fraction of sp³-hybridized carbons (Fsp3) is 0.300. The van der Waals surface area contributed by atoms with Gasteiger partial charge >= 0.3 is 0 Å². The van der Waals surface area contributed by atoms with Gasteiger partial charge in [0.05, 0.1) is 23.7 Å². The number of aromatic nitrogens is 2. The summed E-state index contributed by atoms with van der Waals surface area (Å²) in [5, 5.41) is 0. The highest BCUT2D eigenvalue weighted by Crippen LogP contribution is 2.30. The zero-order valence-electron chi connectivity index (χ0n) is 14.5. The molecule has 1 aliphatic rings. The Balaban J connectivity index is 1.47. The van der Waals surface area contributed by atoms with Crippen LogP contribution >= 0.6 is 15.9 Å². The Hall–Kier alpha value is -2.34. The molecule has 6 heteroatoms. The van der Waals surface area contributed by atoms with E-state index in [1.54, 1.807) is 13.2 Å². The molecule has 0 bridgehead atoms. The third kappa shape index (κ3) is 3.21. The van der Waals surface area contributed by atoms with Crippen LogP contribution in [0.4, 0.5) is 0 Å². The van der Waals surface area contributed by atoms with Crippen molar-refractivity contribution >= 4 is 32.9 Å². The van der Waals surface area contributed by atoms with Crippen molar-refractivity contribution in [3.05, 3.63) is 58.3 Å². The van der Waals surface area contributed by atoms with Gasteiger partial charge in [0.15, 0.2) is 0 Å². The van der Waals surface area contributed by atoms with Crippen LogP contribution in [0.25, 0.3) is 11.0 Å². The maximum absolute atomic E-state index is 12.9. The largest absolute Gasteiger partial charge is 0.497 e. The number of nitrogens with one attached hydrogen (secondary N) is 1. The number of likely N-dealkylation sites (tertiary alicyclic amines) is 1. The summed E-state index contributed by atoms with van der Waals surface area (Å²) in [6, 6.07) is 13.6. The second kappa shape index (κ2) is 7.11. The van der Waals surface area contributed by atoms with E-state index in [-0.39, 0.29) is 5.91 Å². The van der Waals surface area contributed by atoms with Crippen LogP contribution in [0.15, 0.2) is 46.9 Å². The number of halogens is 1. The monoisotopic (exact) mass is 413 g/mol. The number of H-pyrrole nitrogens is 1. The number of methoxy groups -OCH3 is 1. The Labute approximate surface area is 160 Å². The number of imidazole rings is 1. The molecule has 1 N–H and O–H groups in total. The molecule has 1 aromatic heterocycles. The Bertz CT molecular complexity index is 912. The van der Waals surface area contributed by atoms with E-state index in [1.165, 1.54) is 0 Å². The first-order chi connectivity index (χ1) is 12.7. The lowest BCUT2D eigenvalue weighted by molar-refractivity contribution is 0.0710. The maximum atomic E-state index is 12.9. The van der Waals surface area contributed by atoms with Crippen LogP contribution in [-0.2, 0) is 0 Å². The number of aromatic amines is 1. The van der Waals surface area contributed by atoms with Crippen molar-refractivity contribution in [3.8, 4) is 5.75 Å². The highest BCUT2D eigenvalue weighted by Gasteiger charge is 2.27. The minimum atomic E-state index is 0.0406. The van der Waals surface area contributed by atoms with E-state index in [9.17, 15) is 4.79 Å². The molecular formula is C20H20BrN3O2. The molecule has 0 saturated carbocycles. The number of hydrogen-bond acceptors (Lipinski definition) is 3. The van der Waals surface area contributed by atoms with E-state index in [1.807, 2.05) is 41.3 Å². The van der Waals surface area contributed by atoms with Crippen LogP contribution in [0.3, 0.4) is 0 Å². The lowest BCUT2D eigenvalue weighted by Crippen LogP contribution is -2.38. The molecule has 0 radical (unpaired) electrons. The summed E-state index contributed by atoms with van der Waals surface area (Å²) in [4.78, 5) is 22.9. The molecule has 4 rings (SSSR count). The third-order valence-electron chi connectivity index (χ3n) is 4.98. The number of rotatable bonds is 3. The first-order valence-electron chi connectivity index (χ1n) is 8.73. The van der Waals surface area contributed by atoms with Gasteiger partial charge in [-0.05, 0) is 59.1 Å². The zero-order chi connectivity index (χ0) is 18.1. The number of amides is 1. The van der Waals surface area contributed by atoms with Gasteiger partial charge in [-0.2, -0.15) is 0 Å². The van der Waals surface area contributed by atoms with Gasteiger partial charge in [-0.25, -0.2) is 4.98 Å². The maximum Gasteiger partial charge on any atom is 0.255 e. The number of ether oxygens (including phenoxy) is 1. The van der Waals surface area contributed by atoms with Crippen LogP contribution in [0.1, 0.15) is 34.9 Å². The van der Waals surface area contributed by atoms with E-state index in [2.05, 4.69) is 20.9 Å². The molecule has 2 aromatic carbocycles. The van der Waals surface area contributed by atoms with Crippen LogP contribution in [0.2, 0.25) is 0 Å². The number of nitrogens with zero attached hydrogens (tertiary/aromatic N) is 2. The van der Waals surface area contributed by atoms with Crippen molar-refractivity contribution in [3.63, 3.8) is 0 Å². The molecule has 26 heavy (non-hydrogen) atoms. The van der Waals surface area contributed by atoms with E-state index in [0.29, 0.717) is 17.2 Å². The average molecular weight is 414 g/mol. The van der Waals surface area contributed by atoms with Crippen molar-refractivity contribution in [2.24, 2.45) is 0 Å². The minimum absolute atomic E-state index is 0.0406. The summed E-state index contributed by atoms with van der Waals surface area (Å²) in [5.41, 5.74) is 2.72. The SMILES string of the molecule is COc1ccc(Br)c(C(=O)N2CCC(c3nc4ccccc4[nH]3)CC2)c1. The molecule has 0 atom stereocenters. The first kappa shape index (κ1) is 17.1. The molecule has 1 aliphatic heterocycles. The lowest BCUT2D eigenvalue weighted by atomic mass is 9.95. The topological polar surface area (TPSA) is 58.2 Å². The number of carbonyl (C=O) groups excluding carboxylic acids is 1. The second-order valence-corrected chi connectivity index (χ2v) is 7.41. The summed E-state index contributed by atoms with van der Waals surface area (Å²) in [5.74, 6) is 2.12. The Morgan fingerprint density at radius 2 is 2.00 bits per heavy atom. The molecule has 5 nitrogen and oxygen atoms in total. The van der Waals surface area contributed by atoms with Crippen LogP contribution in [0.5, 0.6) is 5.75 Å². The van der Waals surface area contributed by atoms with E-state index in [4.69, 9.17) is 9.72 Å². The van der Waals surface area contributed by atoms with Gasteiger partial charge < -0.3 is 14.6 Å². The molecule has 0 spiro atoms. The zero-order valence-corrected chi connectivity index (χ0v) is 16.1. The minimum Gasteiger partial charge on any atom is -0.497 e. The second-order valence-electron chi connectivity index (χ2n) is 6.55. The van der Waals surface area contributed by atoms with Crippen LogP contribution in [0, 0.1) is 0 Å². The molecule has 0 aliphatic carbocycles. The smallest absolute Gasteiger partial charge is 0.255 e. The van der Waals surface area contributed by atoms with E-state index >= 15 is 0 Å². The van der Waals surface area contributed by atoms with Gasteiger partial charge in [0, 0.05) is 23.5 Å². The predicted molar refractivity (Wildman–Crippen MR) is 105 cm³/mol. The number of hydrogen-bond donors (Lipinski definition) is 1. The predicted octanol–water partition coefficient (Wildman–Crippen LogP) is 4.35. The molecule has 1 saturated heterocycles. The van der Waals surface area contributed by atoms with E-state index < -0.39 is 0 Å². The fourth-order valence-corrected chi connectivity index (χ4v) is 3.90. The molecule has 1 fully saturated rings. The Morgan fingerprint density at radius 3 is 2.73 bits per heavy atom. The summed E-state index contributed by atoms with van der Waals surface area (Å²) in [6.45, 7) is 1.45. The van der Waals surface area contributed by atoms with Gasteiger partial charge in [0.25, 0.3) is 5.91 Å². The first-order valence-corrected chi connectivity index (χ1v) is 9.52. The quantitative estimate of drug-likeness (QED) is 0.693. The molecule has 0 unspecified atom stereocenters. The summed E-state index contributed by atoms with van der Waals surface area (Å²) in [7, 11) is 1.61. The highest BCUT2D eigenvalue weighted by molar-refractivity contribution is 9.10. The summed E-state index contributed by atoms with van der Waals surface area (Å²) < 4.78 is 6.04. The summed E-state index contributed by atoms with van der Waals surface area (Å²) in [6.07, 6.45) is 1.82. The lowest BCUT2D eigenvalue weighted by Gasteiger charge is -2.31. The highest BCUT2D eigenvalue weighted by atomic mass is 79.9. The molecule has 1 amide bonds. The van der Waals surface area contributed by atoms with Gasteiger partial charge in [-0.3, -0.25) is 4.79 Å². The normalized spacial score (nSPS) is 15.4. The molecular weight excluding hydrogens is 394 g/mol. The van der Waals surface area contributed by atoms with Crippen molar-refractivity contribution in [1.82, 2.24) is 14.9 Å². The van der Waals surface area contributed by atoms with Crippen LogP contribution in [-0.4, -0.2) is 41.0 Å². The molecule has 3 aromatic rings. The third-order valence-corrected chi connectivity index (χ3v) is 5.67. The number of para-hydroxylation sites is 2. The van der Waals surface area contributed by atoms with Gasteiger partial charge in [-0.1, -0.05) is 12.1 Å². The van der Waals surface area contributed by atoms with Crippen molar-refractivity contribution in [1.29, 1.82) is 0 Å².